The molecule has 1 unspecified atom stereocenters. The molecular formula is C11H15FOS. The molecule has 0 amide bonds. The number of benzene rings is 1. The standard InChI is InChI=1S/C11H15FOS/c1-2-9(8-14)7-13-11-5-3-4-10(12)6-11/h3-6,9,14H,2,7-8H2,1H3. The molecule has 14 heavy (non-hydrogen) atoms. The third-order valence-corrected chi connectivity index (χ3v) is 2.63. The minimum Gasteiger partial charge on any atom is -0.493 e. The molecular weight excluding hydrogens is 199 g/mol. The fourth-order valence-corrected chi connectivity index (χ4v) is 1.43. The average molecular weight is 214 g/mol. The molecule has 0 aliphatic rings. The lowest BCUT2D eigenvalue weighted by molar-refractivity contribution is 0.258. The van der Waals surface area contributed by atoms with Crippen LogP contribution in [0.5, 0.6) is 5.75 Å². The SMILES string of the molecule is CCC(CS)COc1cccc(F)c1. The molecule has 0 N–H and O–H groups in total. The number of ether oxygens (including phenoxy) is 1. The van der Waals surface area contributed by atoms with Gasteiger partial charge in [0.05, 0.1) is 6.61 Å². The maximum atomic E-state index is 12.8. The van der Waals surface area contributed by atoms with Crippen molar-refractivity contribution in [1.82, 2.24) is 0 Å². The Kier molecular flexibility index (Phi) is 4.80. The number of hydrogen-bond acceptors (Lipinski definition) is 2. The molecule has 0 bridgehead atoms. The zero-order valence-electron chi connectivity index (χ0n) is 8.24. The lowest BCUT2D eigenvalue weighted by Crippen LogP contribution is -2.12. The van der Waals surface area contributed by atoms with E-state index in [-0.39, 0.29) is 5.82 Å². The second kappa shape index (κ2) is 5.91. The van der Waals surface area contributed by atoms with Crippen molar-refractivity contribution < 1.29 is 9.13 Å². The normalized spacial score (nSPS) is 12.5. The molecule has 3 heteroatoms. The second-order valence-corrected chi connectivity index (χ2v) is 3.59. The van der Waals surface area contributed by atoms with Crippen LogP contribution in [0, 0.1) is 11.7 Å². The smallest absolute Gasteiger partial charge is 0.126 e. The molecule has 1 rings (SSSR count). The van der Waals surface area contributed by atoms with E-state index in [0.717, 1.165) is 12.2 Å². The molecule has 1 aromatic carbocycles. The van der Waals surface area contributed by atoms with Crippen molar-refractivity contribution in [1.29, 1.82) is 0 Å². The van der Waals surface area contributed by atoms with Gasteiger partial charge in [0.15, 0.2) is 0 Å². The van der Waals surface area contributed by atoms with Crippen molar-refractivity contribution in [2.75, 3.05) is 12.4 Å². The van der Waals surface area contributed by atoms with Crippen LogP contribution in [-0.4, -0.2) is 12.4 Å². The van der Waals surface area contributed by atoms with Crippen molar-refractivity contribution in [3.05, 3.63) is 30.1 Å². The van der Waals surface area contributed by atoms with Crippen molar-refractivity contribution in [3.8, 4) is 5.75 Å². The maximum absolute atomic E-state index is 12.8. The zero-order chi connectivity index (χ0) is 10.4. The Morgan fingerprint density at radius 1 is 1.50 bits per heavy atom. The molecule has 1 aromatic rings. The Labute approximate surface area is 89.7 Å². The first-order valence-electron chi connectivity index (χ1n) is 4.75. The van der Waals surface area contributed by atoms with Crippen molar-refractivity contribution >= 4 is 12.6 Å². The van der Waals surface area contributed by atoms with E-state index in [1.807, 2.05) is 0 Å². The summed E-state index contributed by atoms with van der Waals surface area (Å²) in [7, 11) is 0. The van der Waals surface area contributed by atoms with Crippen molar-refractivity contribution in [3.63, 3.8) is 0 Å². The third kappa shape index (κ3) is 3.58. The van der Waals surface area contributed by atoms with Gasteiger partial charge in [-0.1, -0.05) is 13.0 Å². The molecule has 0 spiro atoms. The molecule has 0 aromatic heterocycles. The Hall–Kier alpha value is -0.700. The van der Waals surface area contributed by atoms with Crippen molar-refractivity contribution in [2.24, 2.45) is 5.92 Å². The summed E-state index contributed by atoms with van der Waals surface area (Å²) in [4.78, 5) is 0. The predicted octanol–water partition coefficient (Wildman–Crippen LogP) is 3.16. The molecule has 0 heterocycles. The molecule has 78 valence electrons. The van der Waals surface area contributed by atoms with Gasteiger partial charge in [-0.2, -0.15) is 12.6 Å². The first kappa shape index (κ1) is 11.4. The van der Waals surface area contributed by atoms with Gasteiger partial charge in [-0.3, -0.25) is 0 Å². The average Bonchev–Trinajstić information content (AvgIpc) is 2.19. The van der Waals surface area contributed by atoms with E-state index in [9.17, 15) is 4.39 Å². The predicted molar refractivity (Wildman–Crippen MR) is 59.5 cm³/mol. The number of halogens is 1. The van der Waals surface area contributed by atoms with Gasteiger partial charge in [0.1, 0.15) is 11.6 Å². The van der Waals surface area contributed by atoms with E-state index in [2.05, 4.69) is 19.6 Å². The Balaban J connectivity index is 2.44. The molecule has 0 radical (unpaired) electrons. The summed E-state index contributed by atoms with van der Waals surface area (Å²) < 4.78 is 18.2. The maximum Gasteiger partial charge on any atom is 0.126 e. The van der Waals surface area contributed by atoms with Crippen LogP contribution >= 0.6 is 12.6 Å². The summed E-state index contributed by atoms with van der Waals surface area (Å²) in [5.74, 6) is 1.56. The van der Waals surface area contributed by atoms with Crippen LogP contribution in [0.3, 0.4) is 0 Å². The van der Waals surface area contributed by atoms with Crippen LogP contribution in [0.15, 0.2) is 24.3 Å². The summed E-state index contributed by atoms with van der Waals surface area (Å²) in [6.07, 6.45) is 1.03. The highest BCUT2D eigenvalue weighted by Gasteiger charge is 2.04. The van der Waals surface area contributed by atoms with Crippen LogP contribution < -0.4 is 4.74 Å². The van der Waals surface area contributed by atoms with E-state index < -0.39 is 0 Å². The summed E-state index contributed by atoms with van der Waals surface area (Å²) in [5, 5.41) is 0. The number of hydrogen-bond donors (Lipinski definition) is 1. The third-order valence-electron chi connectivity index (χ3n) is 2.12. The van der Waals surface area contributed by atoms with Gasteiger partial charge in [-0.05, 0) is 24.3 Å². The highest BCUT2D eigenvalue weighted by Crippen LogP contribution is 2.14. The minimum absolute atomic E-state index is 0.263. The summed E-state index contributed by atoms with van der Waals surface area (Å²) >= 11 is 4.21. The first-order chi connectivity index (χ1) is 6.76. The first-order valence-corrected chi connectivity index (χ1v) is 5.38. The molecule has 1 atom stereocenters. The summed E-state index contributed by atoms with van der Waals surface area (Å²) in [6.45, 7) is 2.69. The van der Waals surface area contributed by atoms with Gasteiger partial charge in [0, 0.05) is 12.0 Å². The van der Waals surface area contributed by atoms with E-state index in [0.29, 0.717) is 18.3 Å². The molecule has 0 saturated carbocycles. The van der Waals surface area contributed by atoms with E-state index in [1.54, 1.807) is 12.1 Å². The van der Waals surface area contributed by atoms with E-state index in [4.69, 9.17) is 4.74 Å². The lowest BCUT2D eigenvalue weighted by atomic mass is 10.1. The molecule has 0 aliphatic carbocycles. The molecule has 1 nitrogen and oxygen atoms in total. The highest BCUT2D eigenvalue weighted by molar-refractivity contribution is 7.80. The van der Waals surface area contributed by atoms with Crippen LogP contribution in [0.25, 0.3) is 0 Å². The fraction of sp³-hybridized carbons (Fsp3) is 0.455. The lowest BCUT2D eigenvalue weighted by Gasteiger charge is -2.13. The highest BCUT2D eigenvalue weighted by atomic mass is 32.1. The monoisotopic (exact) mass is 214 g/mol. The number of rotatable bonds is 5. The van der Waals surface area contributed by atoms with Gasteiger partial charge in [0.25, 0.3) is 0 Å². The van der Waals surface area contributed by atoms with Crippen LogP contribution in [-0.2, 0) is 0 Å². The Morgan fingerprint density at radius 2 is 2.29 bits per heavy atom. The topological polar surface area (TPSA) is 9.23 Å². The quantitative estimate of drug-likeness (QED) is 0.741. The molecule has 0 fully saturated rings. The van der Waals surface area contributed by atoms with Crippen LogP contribution in [0.4, 0.5) is 4.39 Å². The van der Waals surface area contributed by atoms with Crippen LogP contribution in [0.1, 0.15) is 13.3 Å². The van der Waals surface area contributed by atoms with E-state index in [1.165, 1.54) is 12.1 Å². The Bertz CT molecular complexity index is 274. The van der Waals surface area contributed by atoms with Gasteiger partial charge >= 0.3 is 0 Å². The van der Waals surface area contributed by atoms with Gasteiger partial charge in [-0.15, -0.1) is 0 Å². The van der Waals surface area contributed by atoms with Crippen molar-refractivity contribution in [2.45, 2.75) is 13.3 Å². The van der Waals surface area contributed by atoms with Crippen LogP contribution in [0.2, 0.25) is 0 Å². The fourth-order valence-electron chi connectivity index (χ4n) is 1.07. The van der Waals surface area contributed by atoms with E-state index >= 15 is 0 Å². The minimum atomic E-state index is -0.263. The largest absolute Gasteiger partial charge is 0.493 e. The zero-order valence-corrected chi connectivity index (χ0v) is 9.14. The number of thiol groups is 1. The van der Waals surface area contributed by atoms with Gasteiger partial charge < -0.3 is 4.74 Å². The molecule has 0 saturated heterocycles. The summed E-state index contributed by atoms with van der Waals surface area (Å²) in [6, 6.07) is 6.20. The second-order valence-electron chi connectivity index (χ2n) is 3.23. The van der Waals surface area contributed by atoms with Gasteiger partial charge in [-0.25, -0.2) is 4.39 Å². The Morgan fingerprint density at radius 3 is 2.86 bits per heavy atom. The summed E-state index contributed by atoms with van der Waals surface area (Å²) in [5.41, 5.74) is 0. The van der Waals surface area contributed by atoms with Gasteiger partial charge in [0.2, 0.25) is 0 Å². The molecule has 0 aliphatic heterocycles.